The number of benzene rings is 1. The van der Waals surface area contributed by atoms with E-state index < -0.39 is 17.4 Å². The zero-order chi connectivity index (χ0) is 18.7. The number of aryl methyl sites for hydroxylation is 2. The second-order valence-corrected chi connectivity index (χ2v) is 7.25. The van der Waals surface area contributed by atoms with Crippen molar-refractivity contribution in [3.63, 3.8) is 0 Å². The minimum Gasteiger partial charge on any atom is -0.481 e. The zero-order valence-corrected chi connectivity index (χ0v) is 15.3. The topological polar surface area (TPSA) is 70.8 Å². The average Bonchev–Trinajstić information content (AvgIpc) is 3.28. The van der Waals surface area contributed by atoms with Gasteiger partial charge < -0.3 is 14.4 Å². The molecule has 1 aromatic heterocycles. The van der Waals surface area contributed by atoms with E-state index in [1.807, 2.05) is 38.1 Å². The lowest BCUT2D eigenvalue weighted by atomic mass is 9.75. The number of carboxylic acid groups (broad SMARTS) is 1. The van der Waals surface area contributed by atoms with Gasteiger partial charge in [0.05, 0.1) is 18.3 Å². The first kappa shape index (κ1) is 18.2. The Kier molecular flexibility index (Phi) is 5.16. The molecule has 0 aliphatic heterocycles. The molecule has 1 aromatic carbocycles. The van der Waals surface area contributed by atoms with Gasteiger partial charge in [-0.15, -0.1) is 0 Å². The first-order valence-electron chi connectivity index (χ1n) is 9.02. The number of carbonyl (C=O) groups excluding carboxylic acids is 1. The maximum Gasteiger partial charge on any atom is 0.313 e. The van der Waals surface area contributed by atoms with E-state index in [0.717, 1.165) is 35.9 Å². The number of amides is 1. The molecule has 0 saturated heterocycles. The van der Waals surface area contributed by atoms with Crippen LogP contribution in [0.25, 0.3) is 0 Å². The predicted octanol–water partition coefficient (Wildman–Crippen LogP) is 4.04. The largest absolute Gasteiger partial charge is 0.481 e. The molecule has 1 amide bonds. The number of nitrogens with zero attached hydrogens (tertiary/aromatic N) is 1. The number of furan rings is 1. The Bertz CT molecular complexity index is 775. The number of carboxylic acids is 1. The monoisotopic (exact) mass is 355 g/mol. The van der Waals surface area contributed by atoms with Crippen molar-refractivity contribution in [3.05, 3.63) is 59.0 Å². The Balaban J connectivity index is 2.08. The normalized spacial score (nSPS) is 17.0. The summed E-state index contributed by atoms with van der Waals surface area (Å²) in [7, 11) is 0. The number of hydrogen-bond donors (Lipinski definition) is 1. The highest BCUT2D eigenvalue weighted by molar-refractivity contribution is 5.79. The molecule has 26 heavy (non-hydrogen) atoms. The summed E-state index contributed by atoms with van der Waals surface area (Å²) in [5.41, 5.74) is 2.02. The summed E-state index contributed by atoms with van der Waals surface area (Å²) in [6, 6.07) is 9.48. The summed E-state index contributed by atoms with van der Waals surface area (Å²) in [5.74, 6) is -0.981. The van der Waals surface area contributed by atoms with Crippen LogP contribution in [0.4, 0.5) is 0 Å². The van der Waals surface area contributed by atoms with E-state index in [1.54, 1.807) is 17.2 Å². The van der Waals surface area contributed by atoms with Gasteiger partial charge in [0, 0.05) is 0 Å². The molecule has 1 aliphatic rings. The fourth-order valence-corrected chi connectivity index (χ4v) is 4.32. The molecule has 0 bridgehead atoms. The highest BCUT2D eigenvalue weighted by Crippen LogP contribution is 2.47. The molecule has 1 saturated carbocycles. The van der Waals surface area contributed by atoms with Gasteiger partial charge in [0.25, 0.3) is 0 Å². The molecule has 1 N–H and O–H groups in total. The van der Waals surface area contributed by atoms with Crippen LogP contribution in [0, 0.1) is 13.8 Å². The van der Waals surface area contributed by atoms with Crippen LogP contribution in [0.5, 0.6) is 0 Å². The lowest BCUT2D eigenvalue weighted by molar-refractivity contribution is -0.145. The predicted molar refractivity (Wildman–Crippen MR) is 97.8 cm³/mol. The fraction of sp³-hybridized carbons (Fsp3) is 0.429. The number of hydrogen-bond acceptors (Lipinski definition) is 3. The van der Waals surface area contributed by atoms with Crippen molar-refractivity contribution in [1.82, 2.24) is 4.90 Å². The van der Waals surface area contributed by atoms with Crippen molar-refractivity contribution >= 4 is 12.4 Å². The SMILES string of the molecule is Cc1ccc(C)c(C(C(=O)O)C2(N(C=O)Cc3ccco3)CCCC2)c1. The highest BCUT2D eigenvalue weighted by Gasteiger charge is 2.50. The number of rotatable bonds is 7. The van der Waals surface area contributed by atoms with Gasteiger partial charge in [0.1, 0.15) is 11.7 Å². The molecule has 5 heteroatoms. The quantitative estimate of drug-likeness (QED) is 0.761. The van der Waals surface area contributed by atoms with Gasteiger partial charge in [-0.3, -0.25) is 9.59 Å². The summed E-state index contributed by atoms with van der Waals surface area (Å²) in [4.78, 5) is 26.1. The van der Waals surface area contributed by atoms with Crippen LogP contribution < -0.4 is 0 Å². The molecular formula is C21H25NO4. The van der Waals surface area contributed by atoms with Crippen molar-refractivity contribution in [1.29, 1.82) is 0 Å². The van der Waals surface area contributed by atoms with E-state index in [-0.39, 0.29) is 6.54 Å². The molecule has 2 aromatic rings. The molecule has 1 fully saturated rings. The van der Waals surface area contributed by atoms with Crippen LogP contribution in [0.15, 0.2) is 41.0 Å². The minimum atomic E-state index is -0.883. The van der Waals surface area contributed by atoms with E-state index in [4.69, 9.17) is 4.42 Å². The van der Waals surface area contributed by atoms with Crippen LogP contribution in [0.3, 0.4) is 0 Å². The molecule has 1 atom stereocenters. The fourth-order valence-electron chi connectivity index (χ4n) is 4.32. The van der Waals surface area contributed by atoms with Crippen LogP contribution >= 0.6 is 0 Å². The Morgan fingerprint density at radius 2 is 2.04 bits per heavy atom. The Labute approximate surface area is 153 Å². The van der Waals surface area contributed by atoms with Gasteiger partial charge in [-0.1, -0.05) is 36.6 Å². The van der Waals surface area contributed by atoms with Crippen LogP contribution in [-0.4, -0.2) is 27.9 Å². The maximum absolute atomic E-state index is 12.4. The minimum absolute atomic E-state index is 0.283. The van der Waals surface area contributed by atoms with Gasteiger partial charge in [0.2, 0.25) is 6.41 Å². The van der Waals surface area contributed by atoms with Gasteiger partial charge in [0.15, 0.2) is 0 Å². The lowest BCUT2D eigenvalue weighted by Gasteiger charge is -2.43. The van der Waals surface area contributed by atoms with Crippen LogP contribution in [-0.2, 0) is 16.1 Å². The van der Waals surface area contributed by atoms with E-state index >= 15 is 0 Å². The molecule has 138 valence electrons. The smallest absolute Gasteiger partial charge is 0.313 e. The Morgan fingerprint density at radius 1 is 1.31 bits per heavy atom. The van der Waals surface area contributed by atoms with E-state index in [9.17, 15) is 14.7 Å². The van der Waals surface area contributed by atoms with Gasteiger partial charge >= 0.3 is 5.97 Å². The van der Waals surface area contributed by atoms with Crippen molar-refractivity contribution in [2.45, 2.75) is 57.5 Å². The average molecular weight is 355 g/mol. The summed E-state index contributed by atoms with van der Waals surface area (Å²) >= 11 is 0. The third kappa shape index (κ3) is 3.26. The molecule has 1 heterocycles. The molecule has 0 spiro atoms. The third-order valence-corrected chi connectivity index (χ3v) is 5.60. The standard InChI is InChI=1S/C21H25NO4/c1-15-7-8-16(2)18(12-15)19(20(24)25)21(9-3-4-10-21)22(14-23)13-17-6-5-11-26-17/h5-8,11-12,14,19H,3-4,9-10,13H2,1-2H3,(H,24,25). The molecule has 3 rings (SSSR count). The van der Waals surface area contributed by atoms with Crippen molar-refractivity contribution in [2.24, 2.45) is 0 Å². The number of aliphatic carboxylic acids is 1. The first-order valence-corrected chi connectivity index (χ1v) is 9.02. The molecule has 5 nitrogen and oxygen atoms in total. The summed E-state index contributed by atoms with van der Waals surface area (Å²) in [5, 5.41) is 10.2. The second kappa shape index (κ2) is 7.36. The van der Waals surface area contributed by atoms with Crippen LogP contribution in [0.1, 0.15) is 54.1 Å². The Morgan fingerprint density at radius 3 is 2.62 bits per heavy atom. The number of carbonyl (C=O) groups is 2. The maximum atomic E-state index is 12.4. The molecule has 1 unspecified atom stereocenters. The molecule has 0 radical (unpaired) electrons. The van der Waals surface area contributed by atoms with Crippen LogP contribution in [0.2, 0.25) is 0 Å². The lowest BCUT2D eigenvalue weighted by Crippen LogP contribution is -2.52. The van der Waals surface area contributed by atoms with Gasteiger partial charge in [-0.05, 0) is 49.9 Å². The van der Waals surface area contributed by atoms with E-state index in [0.29, 0.717) is 18.6 Å². The van der Waals surface area contributed by atoms with E-state index in [2.05, 4.69) is 0 Å². The zero-order valence-electron chi connectivity index (χ0n) is 15.3. The van der Waals surface area contributed by atoms with Crippen molar-refractivity contribution in [2.75, 3.05) is 0 Å². The Hall–Kier alpha value is -2.56. The molecule has 1 aliphatic carbocycles. The second-order valence-electron chi connectivity index (χ2n) is 7.25. The highest BCUT2D eigenvalue weighted by atomic mass is 16.4. The van der Waals surface area contributed by atoms with E-state index in [1.165, 1.54) is 0 Å². The van der Waals surface area contributed by atoms with Gasteiger partial charge in [-0.25, -0.2) is 0 Å². The van der Waals surface area contributed by atoms with Gasteiger partial charge in [-0.2, -0.15) is 0 Å². The molecular weight excluding hydrogens is 330 g/mol. The summed E-state index contributed by atoms with van der Waals surface area (Å²) < 4.78 is 5.41. The third-order valence-electron chi connectivity index (χ3n) is 5.60. The summed E-state index contributed by atoms with van der Waals surface area (Å²) in [6.07, 6.45) is 5.54. The summed E-state index contributed by atoms with van der Waals surface area (Å²) in [6.45, 7) is 4.18. The van der Waals surface area contributed by atoms with Crippen molar-refractivity contribution < 1.29 is 19.1 Å². The van der Waals surface area contributed by atoms with Crippen molar-refractivity contribution in [3.8, 4) is 0 Å². The first-order chi connectivity index (χ1) is 12.5.